The van der Waals surface area contributed by atoms with Crippen LogP contribution < -0.4 is 10.5 Å². The van der Waals surface area contributed by atoms with Crippen molar-refractivity contribution in [1.29, 1.82) is 0 Å². The summed E-state index contributed by atoms with van der Waals surface area (Å²) in [6.07, 6.45) is 3.43. The van der Waals surface area contributed by atoms with Crippen LogP contribution in [0.25, 0.3) is 0 Å². The van der Waals surface area contributed by atoms with Gasteiger partial charge in [0.2, 0.25) is 10.0 Å². The summed E-state index contributed by atoms with van der Waals surface area (Å²) in [5.41, 5.74) is 5.43. The second kappa shape index (κ2) is 2.43. The molecule has 0 aliphatic heterocycles. The van der Waals surface area contributed by atoms with Gasteiger partial charge in [0, 0.05) is 12.6 Å². The molecule has 0 aromatic rings. The number of sulfonamides is 1. The van der Waals surface area contributed by atoms with Crippen molar-refractivity contribution in [2.45, 2.75) is 36.5 Å². The Morgan fingerprint density at radius 1 is 1.42 bits per heavy atom. The molecule has 0 radical (unpaired) electrons. The highest BCUT2D eigenvalue weighted by atomic mass is 32.2. The zero-order valence-corrected chi connectivity index (χ0v) is 7.73. The van der Waals surface area contributed by atoms with Crippen LogP contribution in [0.15, 0.2) is 0 Å². The minimum atomic E-state index is -3.11. The Kier molecular flexibility index (Phi) is 1.72. The van der Waals surface area contributed by atoms with Gasteiger partial charge in [-0.15, -0.1) is 0 Å². The zero-order chi connectivity index (χ0) is 8.82. The van der Waals surface area contributed by atoms with Crippen molar-refractivity contribution in [3.8, 4) is 0 Å². The highest BCUT2D eigenvalue weighted by Crippen LogP contribution is 2.42. The number of rotatable bonds is 4. The third-order valence-electron chi connectivity index (χ3n) is 2.65. The van der Waals surface area contributed by atoms with Gasteiger partial charge >= 0.3 is 0 Å². The Morgan fingerprint density at radius 2 is 2.00 bits per heavy atom. The molecular formula is C7H14N2O2S. The Bertz CT molecular complexity index is 278. The van der Waals surface area contributed by atoms with Crippen LogP contribution in [0.4, 0.5) is 0 Å². The van der Waals surface area contributed by atoms with Crippen LogP contribution >= 0.6 is 0 Å². The molecule has 0 unspecified atom stereocenters. The normalized spacial score (nSPS) is 27.1. The molecule has 2 rings (SSSR count). The van der Waals surface area contributed by atoms with Gasteiger partial charge in [-0.2, -0.15) is 0 Å². The molecule has 0 heterocycles. The van der Waals surface area contributed by atoms with E-state index in [0.717, 1.165) is 25.7 Å². The Balaban J connectivity index is 2.08. The molecule has 2 aliphatic rings. The first-order chi connectivity index (χ1) is 5.60. The van der Waals surface area contributed by atoms with Crippen molar-refractivity contribution in [3.05, 3.63) is 0 Å². The van der Waals surface area contributed by atoms with Gasteiger partial charge in [-0.1, -0.05) is 0 Å². The molecule has 3 N–H and O–H groups in total. The van der Waals surface area contributed by atoms with E-state index < -0.39 is 14.8 Å². The molecule has 0 aromatic carbocycles. The third kappa shape index (κ3) is 1.26. The van der Waals surface area contributed by atoms with Crippen molar-refractivity contribution in [1.82, 2.24) is 4.72 Å². The Hall–Kier alpha value is -0.130. The molecule has 2 saturated carbocycles. The van der Waals surface area contributed by atoms with Crippen molar-refractivity contribution < 1.29 is 8.42 Å². The summed E-state index contributed by atoms with van der Waals surface area (Å²) in [5, 5.41) is 0. The van der Waals surface area contributed by atoms with E-state index in [1.165, 1.54) is 0 Å². The number of hydrogen-bond donors (Lipinski definition) is 2. The van der Waals surface area contributed by atoms with Gasteiger partial charge in [0.1, 0.15) is 0 Å². The smallest absolute Gasteiger partial charge is 0.218 e. The predicted octanol–water partition coefficient (Wildman–Crippen LogP) is -0.441. The molecule has 70 valence electrons. The van der Waals surface area contributed by atoms with Crippen LogP contribution in [0.2, 0.25) is 0 Å². The van der Waals surface area contributed by atoms with Crippen molar-refractivity contribution in [3.63, 3.8) is 0 Å². The molecule has 12 heavy (non-hydrogen) atoms. The maximum absolute atomic E-state index is 11.6. The third-order valence-corrected chi connectivity index (χ3v) is 5.01. The molecule has 4 nitrogen and oxygen atoms in total. The minimum absolute atomic E-state index is 0.207. The lowest BCUT2D eigenvalue weighted by Crippen LogP contribution is -2.41. The van der Waals surface area contributed by atoms with Gasteiger partial charge in [-0.05, 0) is 25.7 Å². The van der Waals surface area contributed by atoms with Crippen LogP contribution in [0.5, 0.6) is 0 Å². The van der Waals surface area contributed by atoms with E-state index in [0.29, 0.717) is 0 Å². The monoisotopic (exact) mass is 190 g/mol. The molecule has 0 atom stereocenters. The van der Waals surface area contributed by atoms with E-state index in [1.54, 1.807) is 0 Å². The summed E-state index contributed by atoms with van der Waals surface area (Å²) in [5.74, 6) is 0. The maximum atomic E-state index is 11.6. The lowest BCUT2D eigenvalue weighted by molar-refractivity contribution is 0.561. The highest BCUT2D eigenvalue weighted by Gasteiger charge is 2.54. The van der Waals surface area contributed by atoms with Crippen molar-refractivity contribution in [2.75, 3.05) is 6.54 Å². The van der Waals surface area contributed by atoms with Crippen LogP contribution in [0.1, 0.15) is 25.7 Å². The largest absolute Gasteiger partial charge is 0.329 e. The summed E-state index contributed by atoms with van der Waals surface area (Å²) >= 11 is 0. The first-order valence-corrected chi connectivity index (χ1v) is 5.80. The quantitative estimate of drug-likeness (QED) is 0.631. The van der Waals surface area contributed by atoms with Crippen LogP contribution in [-0.4, -0.2) is 25.8 Å². The lowest BCUT2D eigenvalue weighted by atomic mass is 10.4. The fourth-order valence-corrected chi connectivity index (χ4v) is 3.05. The molecule has 2 aliphatic carbocycles. The van der Waals surface area contributed by atoms with Gasteiger partial charge < -0.3 is 5.73 Å². The Morgan fingerprint density at radius 3 is 2.33 bits per heavy atom. The molecule has 0 bridgehead atoms. The van der Waals surface area contributed by atoms with Gasteiger partial charge in [-0.3, -0.25) is 0 Å². The van der Waals surface area contributed by atoms with E-state index in [9.17, 15) is 8.42 Å². The fraction of sp³-hybridized carbons (Fsp3) is 1.00. The molecule has 0 spiro atoms. The molecular weight excluding hydrogens is 176 g/mol. The molecule has 0 aromatic heterocycles. The second-order valence-corrected chi connectivity index (χ2v) is 5.89. The summed E-state index contributed by atoms with van der Waals surface area (Å²) in [6.45, 7) is 0.259. The van der Waals surface area contributed by atoms with E-state index in [2.05, 4.69) is 4.72 Å². The van der Waals surface area contributed by atoms with Crippen LogP contribution in [0.3, 0.4) is 0 Å². The van der Waals surface area contributed by atoms with E-state index in [-0.39, 0.29) is 12.6 Å². The zero-order valence-electron chi connectivity index (χ0n) is 6.91. The summed E-state index contributed by atoms with van der Waals surface area (Å²) < 4.78 is 25.3. The molecule has 5 heteroatoms. The second-order valence-electron chi connectivity index (χ2n) is 3.78. The standard InChI is InChI=1S/C7H14N2O2S/c8-5-7(3-4-7)12(10,11)9-6-1-2-6/h6,9H,1-5,8H2. The number of hydrogen-bond acceptors (Lipinski definition) is 3. The molecule has 0 amide bonds. The number of nitrogens with two attached hydrogens (primary N) is 1. The van der Waals surface area contributed by atoms with Crippen molar-refractivity contribution >= 4 is 10.0 Å². The van der Waals surface area contributed by atoms with Gasteiger partial charge in [0.05, 0.1) is 4.75 Å². The van der Waals surface area contributed by atoms with Crippen LogP contribution in [-0.2, 0) is 10.0 Å². The summed E-state index contributed by atoms with van der Waals surface area (Å²) in [6, 6.07) is 0.207. The SMILES string of the molecule is NCC1(S(=O)(=O)NC2CC2)CC1. The van der Waals surface area contributed by atoms with E-state index in [1.807, 2.05) is 0 Å². The fourth-order valence-electron chi connectivity index (χ4n) is 1.27. The van der Waals surface area contributed by atoms with Gasteiger partial charge in [-0.25, -0.2) is 13.1 Å². The van der Waals surface area contributed by atoms with Gasteiger partial charge in [0.15, 0.2) is 0 Å². The van der Waals surface area contributed by atoms with Crippen molar-refractivity contribution in [2.24, 2.45) is 5.73 Å². The highest BCUT2D eigenvalue weighted by molar-refractivity contribution is 7.91. The maximum Gasteiger partial charge on any atom is 0.218 e. The van der Waals surface area contributed by atoms with Gasteiger partial charge in [0.25, 0.3) is 0 Å². The number of nitrogens with one attached hydrogen (secondary N) is 1. The first-order valence-electron chi connectivity index (χ1n) is 4.32. The van der Waals surface area contributed by atoms with E-state index >= 15 is 0 Å². The molecule has 0 saturated heterocycles. The Labute approximate surface area is 72.6 Å². The average molecular weight is 190 g/mol. The predicted molar refractivity (Wildman–Crippen MR) is 46.1 cm³/mol. The average Bonchev–Trinajstić information content (AvgIpc) is 2.81. The molecule has 2 fully saturated rings. The summed E-state index contributed by atoms with van der Waals surface area (Å²) in [7, 11) is -3.11. The van der Waals surface area contributed by atoms with E-state index in [4.69, 9.17) is 5.73 Å². The first kappa shape index (κ1) is 8.47. The lowest BCUT2D eigenvalue weighted by Gasteiger charge is -2.13. The topological polar surface area (TPSA) is 72.2 Å². The van der Waals surface area contributed by atoms with Crippen LogP contribution in [0, 0.1) is 0 Å². The minimum Gasteiger partial charge on any atom is -0.329 e. The summed E-state index contributed by atoms with van der Waals surface area (Å²) in [4.78, 5) is 0.